The molecule has 0 radical (unpaired) electrons. The van der Waals surface area contributed by atoms with Crippen molar-refractivity contribution in [1.29, 1.82) is 0 Å². The molecular formula is C17H20F3IO3S2. The Kier molecular flexibility index (Phi) is 7.23. The second-order valence-electron chi connectivity index (χ2n) is 5.95. The van der Waals surface area contributed by atoms with Gasteiger partial charge in [-0.15, -0.1) is 11.3 Å². The lowest BCUT2D eigenvalue weighted by Crippen LogP contribution is -2.28. The van der Waals surface area contributed by atoms with Crippen LogP contribution in [-0.2, 0) is 23.0 Å². The Labute approximate surface area is 169 Å². The fraction of sp³-hybridized carbons (Fsp3) is 0.529. The van der Waals surface area contributed by atoms with Crippen LogP contribution in [0.3, 0.4) is 0 Å². The molecule has 0 fully saturated rings. The fourth-order valence-electron chi connectivity index (χ4n) is 2.61. The highest BCUT2D eigenvalue weighted by Crippen LogP contribution is 2.41. The molecule has 1 heterocycles. The Hall–Kier alpha value is -0.550. The SMILES string of the molecule is CCCCc1sc2c(I)c(OS(=O)(=O)C(F)(F)F)ccc2c1CCCC. The Morgan fingerprint density at radius 3 is 2.31 bits per heavy atom. The molecule has 0 unspecified atom stereocenters. The summed E-state index contributed by atoms with van der Waals surface area (Å²) < 4.78 is 66.0. The van der Waals surface area contributed by atoms with Crippen LogP contribution in [0.1, 0.15) is 50.0 Å². The number of hydrogen-bond acceptors (Lipinski definition) is 4. The molecule has 3 nitrogen and oxygen atoms in total. The number of fused-ring (bicyclic) bond motifs is 1. The zero-order valence-corrected chi connectivity index (χ0v) is 18.2. The van der Waals surface area contributed by atoms with Crippen molar-refractivity contribution in [3.8, 4) is 5.75 Å². The van der Waals surface area contributed by atoms with Crippen LogP contribution in [0.2, 0.25) is 0 Å². The normalized spacial score (nSPS) is 12.7. The van der Waals surface area contributed by atoms with Crippen LogP contribution >= 0.6 is 33.9 Å². The zero-order chi connectivity index (χ0) is 19.5. The van der Waals surface area contributed by atoms with Gasteiger partial charge in [-0.05, 0) is 71.4 Å². The topological polar surface area (TPSA) is 43.4 Å². The fourth-order valence-corrected chi connectivity index (χ4v) is 5.46. The van der Waals surface area contributed by atoms with Crippen LogP contribution in [0.15, 0.2) is 12.1 Å². The molecule has 146 valence electrons. The number of benzene rings is 1. The first-order chi connectivity index (χ1) is 12.1. The Morgan fingerprint density at radius 2 is 1.73 bits per heavy atom. The van der Waals surface area contributed by atoms with E-state index >= 15 is 0 Å². The maximum Gasteiger partial charge on any atom is 0.534 e. The minimum atomic E-state index is -5.67. The van der Waals surface area contributed by atoms with Crippen LogP contribution in [0.5, 0.6) is 5.75 Å². The van der Waals surface area contributed by atoms with Gasteiger partial charge in [-0.3, -0.25) is 0 Å². The van der Waals surface area contributed by atoms with E-state index < -0.39 is 15.6 Å². The highest BCUT2D eigenvalue weighted by molar-refractivity contribution is 14.1. The van der Waals surface area contributed by atoms with Crippen molar-refractivity contribution in [3.63, 3.8) is 0 Å². The van der Waals surface area contributed by atoms with E-state index in [1.807, 2.05) is 22.6 Å². The molecule has 0 aliphatic carbocycles. The van der Waals surface area contributed by atoms with Crippen molar-refractivity contribution in [2.75, 3.05) is 0 Å². The number of rotatable bonds is 8. The smallest absolute Gasteiger partial charge is 0.375 e. The van der Waals surface area contributed by atoms with Crippen molar-refractivity contribution in [2.45, 2.75) is 57.9 Å². The first-order valence-electron chi connectivity index (χ1n) is 8.35. The van der Waals surface area contributed by atoms with E-state index in [0.717, 1.165) is 48.6 Å². The van der Waals surface area contributed by atoms with Crippen molar-refractivity contribution < 1.29 is 25.8 Å². The third-order valence-electron chi connectivity index (χ3n) is 3.97. The van der Waals surface area contributed by atoms with Gasteiger partial charge in [0.2, 0.25) is 0 Å². The van der Waals surface area contributed by atoms with Crippen LogP contribution in [-0.4, -0.2) is 13.9 Å². The Morgan fingerprint density at radius 1 is 1.12 bits per heavy atom. The van der Waals surface area contributed by atoms with Crippen LogP contribution in [0, 0.1) is 3.57 Å². The predicted octanol–water partition coefficient (Wildman–Crippen LogP) is 6.42. The molecule has 9 heteroatoms. The molecule has 1 aromatic heterocycles. The van der Waals surface area contributed by atoms with Gasteiger partial charge in [0.15, 0.2) is 5.75 Å². The summed E-state index contributed by atoms with van der Waals surface area (Å²) in [5.41, 5.74) is -4.22. The van der Waals surface area contributed by atoms with Crippen LogP contribution < -0.4 is 4.18 Å². The summed E-state index contributed by atoms with van der Waals surface area (Å²) in [5.74, 6) is -0.277. The second kappa shape index (κ2) is 8.64. The monoisotopic (exact) mass is 520 g/mol. The molecule has 1 aromatic carbocycles. The molecule has 0 N–H and O–H groups in total. The summed E-state index contributed by atoms with van der Waals surface area (Å²) in [7, 11) is -5.67. The molecule has 0 saturated carbocycles. The van der Waals surface area contributed by atoms with Gasteiger partial charge in [0.1, 0.15) is 0 Å². The maximum absolute atomic E-state index is 12.6. The summed E-state index contributed by atoms with van der Waals surface area (Å²) in [6.07, 6.45) is 5.99. The number of aryl methyl sites for hydroxylation is 2. The number of halogens is 4. The van der Waals surface area contributed by atoms with Gasteiger partial charge in [0.05, 0.1) is 8.27 Å². The van der Waals surface area contributed by atoms with Crippen LogP contribution in [0.25, 0.3) is 10.1 Å². The first kappa shape index (κ1) is 21.7. The van der Waals surface area contributed by atoms with Gasteiger partial charge in [0, 0.05) is 4.88 Å². The summed E-state index contributed by atoms with van der Waals surface area (Å²) in [4.78, 5) is 1.23. The second-order valence-corrected chi connectivity index (χ2v) is 9.67. The Bertz CT molecular complexity index is 873. The van der Waals surface area contributed by atoms with Crippen LogP contribution in [0.4, 0.5) is 13.2 Å². The molecule has 2 aromatic rings. The third-order valence-corrected chi connectivity index (χ3v) is 7.70. The predicted molar refractivity (Wildman–Crippen MR) is 107 cm³/mol. The maximum atomic E-state index is 12.6. The summed E-state index contributed by atoms with van der Waals surface area (Å²) in [5, 5.41) is 0.982. The minimum Gasteiger partial charge on any atom is -0.375 e. The first-order valence-corrected chi connectivity index (χ1v) is 11.7. The Balaban J connectivity index is 2.50. The molecule has 0 amide bonds. The molecule has 0 aliphatic rings. The molecule has 0 atom stereocenters. The molecule has 0 saturated heterocycles. The summed E-state index contributed by atoms with van der Waals surface area (Å²) >= 11 is 3.39. The number of alkyl halides is 3. The quantitative estimate of drug-likeness (QED) is 0.229. The number of hydrogen-bond donors (Lipinski definition) is 0. The molecule has 0 bridgehead atoms. The van der Waals surface area contributed by atoms with Crippen molar-refractivity contribution in [1.82, 2.24) is 0 Å². The van der Waals surface area contributed by atoms with E-state index in [-0.39, 0.29) is 5.75 Å². The number of unbranched alkanes of at least 4 members (excludes halogenated alkanes) is 2. The van der Waals surface area contributed by atoms with Crippen molar-refractivity contribution in [3.05, 3.63) is 26.1 Å². The largest absolute Gasteiger partial charge is 0.534 e. The highest BCUT2D eigenvalue weighted by Gasteiger charge is 2.48. The van der Waals surface area contributed by atoms with Gasteiger partial charge in [-0.2, -0.15) is 21.6 Å². The van der Waals surface area contributed by atoms with Gasteiger partial charge >= 0.3 is 15.6 Å². The lowest BCUT2D eigenvalue weighted by Gasteiger charge is -2.11. The van der Waals surface area contributed by atoms with E-state index in [1.54, 1.807) is 6.07 Å². The van der Waals surface area contributed by atoms with E-state index in [1.165, 1.54) is 27.8 Å². The highest BCUT2D eigenvalue weighted by atomic mass is 127. The summed E-state index contributed by atoms with van der Waals surface area (Å²) in [6.45, 7) is 4.22. The lowest BCUT2D eigenvalue weighted by molar-refractivity contribution is -0.0500. The zero-order valence-electron chi connectivity index (χ0n) is 14.5. The van der Waals surface area contributed by atoms with E-state index in [4.69, 9.17) is 0 Å². The third kappa shape index (κ3) is 4.64. The summed E-state index contributed by atoms with van der Waals surface area (Å²) in [6, 6.07) is 2.99. The van der Waals surface area contributed by atoms with Gasteiger partial charge in [-0.1, -0.05) is 26.7 Å². The average Bonchev–Trinajstić information content (AvgIpc) is 2.90. The van der Waals surface area contributed by atoms with E-state index in [9.17, 15) is 21.6 Å². The van der Waals surface area contributed by atoms with Crippen molar-refractivity contribution >= 4 is 54.1 Å². The molecule has 2 rings (SSSR count). The standard InChI is InChI=1S/C17H20F3IO3S2/c1-3-5-7-11-12-9-10-13(24-26(22,23)17(18,19)20)15(21)16(12)25-14(11)8-6-4-2/h9-10H,3-8H2,1-2H3. The van der Waals surface area contributed by atoms with E-state index in [0.29, 0.717) is 3.57 Å². The molecule has 0 spiro atoms. The minimum absolute atomic E-state index is 0.277. The van der Waals surface area contributed by atoms with Gasteiger partial charge < -0.3 is 4.18 Å². The van der Waals surface area contributed by atoms with Gasteiger partial charge in [0.25, 0.3) is 0 Å². The average molecular weight is 520 g/mol. The number of thiophene rings is 1. The molecule has 0 aliphatic heterocycles. The van der Waals surface area contributed by atoms with Crippen molar-refractivity contribution in [2.24, 2.45) is 0 Å². The molecular weight excluding hydrogens is 500 g/mol. The lowest BCUT2D eigenvalue weighted by atomic mass is 10.0. The van der Waals surface area contributed by atoms with Gasteiger partial charge in [-0.25, -0.2) is 0 Å². The van der Waals surface area contributed by atoms with E-state index in [2.05, 4.69) is 18.0 Å². The molecule has 26 heavy (non-hydrogen) atoms.